The van der Waals surface area contributed by atoms with Crippen molar-refractivity contribution in [3.63, 3.8) is 0 Å². The summed E-state index contributed by atoms with van der Waals surface area (Å²) < 4.78 is 26.6. The largest absolute Gasteiger partial charge is 0.472 e. The van der Waals surface area contributed by atoms with Crippen molar-refractivity contribution in [1.29, 1.82) is 0 Å². The number of nitrogens with one attached hydrogen (secondary N) is 1. The highest BCUT2D eigenvalue weighted by molar-refractivity contribution is 7.47. The van der Waals surface area contributed by atoms with Gasteiger partial charge in [-0.15, -0.1) is 0 Å². The lowest BCUT2D eigenvalue weighted by atomic mass is 10.1. The molecule has 0 aromatic heterocycles. The van der Waals surface area contributed by atoms with E-state index in [0.717, 1.165) is 38.5 Å². The highest BCUT2D eigenvalue weighted by Crippen LogP contribution is 2.42. The molecule has 0 radical (unpaired) electrons. The predicted octanol–water partition coefficient (Wildman–Crippen LogP) is 9.10. The van der Waals surface area contributed by atoms with Gasteiger partial charge in [0.2, 0.25) is 5.91 Å². The van der Waals surface area contributed by atoms with Gasteiger partial charge in [0.25, 0.3) is 0 Å². The number of rotatable bonds is 34. The van der Waals surface area contributed by atoms with Crippen LogP contribution in [-0.2, 0) is 27.9 Å². The number of aliphatic hydroxyl groups is 1. The van der Waals surface area contributed by atoms with Gasteiger partial charge in [0.05, 0.1) is 13.2 Å². The molecule has 10 heteroatoms. The molecule has 0 aromatic rings. The Hall–Kier alpha value is -1.25. The second-order valence-corrected chi connectivity index (χ2v) is 13.7. The predicted molar refractivity (Wildman–Crippen MR) is 183 cm³/mol. The normalized spacial score (nSPS) is 13.6. The van der Waals surface area contributed by atoms with Gasteiger partial charge in [0.15, 0.2) is 0 Å². The third kappa shape index (κ3) is 33.9. The van der Waals surface area contributed by atoms with Gasteiger partial charge in [-0.3, -0.25) is 18.6 Å². The molecule has 3 N–H and O–H groups in total. The highest BCUT2D eigenvalue weighted by atomic mass is 31.2. The van der Waals surface area contributed by atoms with Crippen LogP contribution in [0.15, 0.2) is 12.2 Å². The lowest BCUT2D eigenvalue weighted by molar-refractivity contribution is -0.147. The van der Waals surface area contributed by atoms with E-state index < -0.39 is 26.5 Å². The summed E-state index contributed by atoms with van der Waals surface area (Å²) in [5.41, 5.74) is 0. The van der Waals surface area contributed by atoms with Crippen LogP contribution in [0.4, 0.5) is 0 Å². The van der Waals surface area contributed by atoms with Gasteiger partial charge in [-0.05, 0) is 38.5 Å². The number of esters is 1. The zero-order valence-corrected chi connectivity index (χ0v) is 29.7. The minimum Gasteiger partial charge on any atom is -0.463 e. The molecule has 0 saturated carbocycles. The monoisotopic (exact) mass is 661 g/mol. The second kappa shape index (κ2) is 32.7. The first kappa shape index (κ1) is 43.8. The number of amides is 1. The molecule has 266 valence electrons. The average molecular weight is 662 g/mol. The quantitative estimate of drug-likeness (QED) is 0.0269. The summed E-state index contributed by atoms with van der Waals surface area (Å²) in [5.74, 6) is -0.525. The average Bonchev–Trinajstić information content (AvgIpc) is 3.02. The van der Waals surface area contributed by atoms with Crippen molar-refractivity contribution in [2.24, 2.45) is 0 Å². The minimum atomic E-state index is -4.40. The van der Waals surface area contributed by atoms with Gasteiger partial charge in [0, 0.05) is 19.4 Å². The van der Waals surface area contributed by atoms with Crippen LogP contribution >= 0.6 is 7.82 Å². The fraction of sp³-hybridized carbons (Fsp3) is 0.886. The van der Waals surface area contributed by atoms with Crippen LogP contribution in [-0.4, -0.2) is 54.3 Å². The van der Waals surface area contributed by atoms with Crippen LogP contribution in [0.5, 0.6) is 0 Å². The Balaban J connectivity index is 3.59. The van der Waals surface area contributed by atoms with Crippen LogP contribution in [0.2, 0.25) is 0 Å². The molecule has 0 aromatic carbocycles. The molecule has 0 rings (SSSR count). The SMILES string of the molecule is CCCCCCCC/C=C\CCCCCCCCCC(=O)NCCOP(=O)(O)OCC(O)COC(=O)CCCCCCCCC. The number of ether oxygens (including phenoxy) is 1. The van der Waals surface area contributed by atoms with E-state index in [4.69, 9.17) is 13.8 Å². The zero-order chi connectivity index (χ0) is 33.3. The summed E-state index contributed by atoms with van der Waals surface area (Å²) in [6, 6.07) is 0. The third-order valence-corrected chi connectivity index (χ3v) is 8.68. The molecule has 0 heterocycles. The summed E-state index contributed by atoms with van der Waals surface area (Å²) in [5, 5.41) is 12.6. The molecule has 45 heavy (non-hydrogen) atoms. The fourth-order valence-electron chi connectivity index (χ4n) is 4.90. The molecule has 0 saturated heterocycles. The lowest BCUT2D eigenvalue weighted by Crippen LogP contribution is -2.27. The van der Waals surface area contributed by atoms with E-state index in [1.54, 1.807) is 0 Å². The fourth-order valence-corrected chi connectivity index (χ4v) is 5.66. The van der Waals surface area contributed by atoms with E-state index in [1.165, 1.54) is 103 Å². The van der Waals surface area contributed by atoms with E-state index in [2.05, 4.69) is 31.3 Å². The number of hydrogen-bond acceptors (Lipinski definition) is 7. The van der Waals surface area contributed by atoms with Crippen molar-refractivity contribution in [3.05, 3.63) is 12.2 Å². The van der Waals surface area contributed by atoms with Crippen LogP contribution in [0.1, 0.15) is 168 Å². The number of aliphatic hydroxyl groups excluding tert-OH is 1. The van der Waals surface area contributed by atoms with Gasteiger partial charge < -0.3 is 20.1 Å². The van der Waals surface area contributed by atoms with Crippen LogP contribution in [0, 0.1) is 0 Å². The van der Waals surface area contributed by atoms with E-state index in [1.807, 2.05) is 0 Å². The van der Waals surface area contributed by atoms with Crippen LogP contribution in [0.3, 0.4) is 0 Å². The lowest BCUT2D eigenvalue weighted by Gasteiger charge is -2.15. The Labute approximate surface area is 275 Å². The Kier molecular flexibility index (Phi) is 31.8. The number of carbonyl (C=O) groups is 2. The Morgan fingerprint density at radius 1 is 0.667 bits per heavy atom. The molecule has 1 amide bonds. The smallest absolute Gasteiger partial charge is 0.463 e. The molecule has 0 fully saturated rings. The molecule has 0 aliphatic heterocycles. The number of unbranched alkanes of at least 4 members (excludes halogenated alkanes) is 19. The Morgan fingerprint density at radius 2 is 1.13 bits per heavy atom. The van der Waals surface area contributed by atoms with Gasteiger partial charge in [-0.1, -0.05) is 129 Å². The van der Waals surface area contributed by atoms with Gasteiger partial charge in [-0.2, -0.15) is 0 Å². The molecule has 0 aliphatic rings. The molecule has 2 atom stereocenters. The standard InChI is InChI=1S/C35H68NO8P/c1-3-5-7-9-11-12-13-14-15-16-17-18-19-20-22-23-25-27-34(38)36-29-30-43-45(40,41)44-32-33(37)31-42-35(39)28-26-24-21-10-8-6-4-2/h14-15,33,37H,3-13,16-32H2,1-2H3,(H,36,38)(H,40,41)/b15-14-. The summed E-state index contributed by atoms with van der Waals surface area (Å²) in [6.07, 6.45) is 30.2. The summed E-state index contributed by atoms with van der Waals surface area (Å²) >= 11 is 0. The number of phosphoric acid groups is 1. The van der Waals surface area contributed by atoms with Crippen molar-refractivity contribution in [3.8, 4) is 0 Å². The summed E-state index contributed by atoms with van der Waals surface area (Å²) in [7, 11) is -4.40. The molecule has 2 unspecified atom stereocenters. The number of carbonyl (C=O) groups excluding carboxylic acids is 2. The van der Waals surface area contributed by atoms with E-state index >= 15 is 0 Å². The van der Waals surface area contributed by atoms with Crippen molar-refractivity contribution in [2.75, 3.05) is 26.4 Å². The highest BCUT2D eigenvalue weighted by Gasteiger charge is 2.23. The number of hydrogen-bond donors (Lipinski definition) is 3. The molecular formula is C35H68NO8P. The number of allylic oxidation sites excluding steroid dienone is 2. The molecule has 9 nitrogen and oxygen atoms in total. The van der Waals surface area contributed by atoms with Gasteiger partial charge in [0.1, 0.15) is 12.7 Å². The summed E-state index contributed by atoms with van der Waals surface area (Å²) in [6.45, 7) is 3.48. The van der Waals surface area contributed by atoms with Crippen molar-refractivity contribution < 1.29 is 37.9 Å². The van der Waals surface area contributed by atoms with Crippen molar-refractivity contribution >= 4 is 19.7 Å². The van der Waals surface area contributed by atoms with E-state index in [0.29, 0.717) is 6.42 Å². The Bertz CT molecular complexity index is 764. The van der Waals surface area contributed by atoms with E-state index in [9.17, 15) is 24.2 Å². The van der Waals surface area contributed by atoms with Crippen molar-refractivity contribution in [2.45, 2.75) is 174 Å². The van der Waals surface area contributed by atoms with Crippen LogP contribution < -0.4 is 5.32 Å². The summed E-state index contributed by atoms with van der Waals surface area (Å²) in [4.78, 5) is 33.6. The second-order valence-electron chi connectivity index (χ2n) is 12.2. The maximum Gasteiger partial charge on any atom is 0.472 e. The van der Waals surface area contributed by atoms with Gasteiger partial charge in [-0.25, -0.2) is 4.57 Å². The molecule has 0 bridgehead atoms. The maximum absolute atomic E-state index is 12.0. The zero-order valence-electron chi connectivity index (χ0n) is 28.8. The topological polar surface area (TPSA) is 131 Å². The first-order valence-electron chi connectivity index (χ1n) is 18.2. The number of phosphoric ester groups is 1. The van der Waals surface area contributed by atoms with Crippen molar-refractivity contribution in [1.82, 2.24) is 5.32 Å². The maximum atomic E-state index is 12.0. The molecular weight excluding hydrogens is 593 g/mol. The molecule has 0 spiro atoms. The first-order chi connectivity index (χ1) is 21.8. The minimum absolute atomic E-state index is 0.0823. The van der Waals surface area contributed by atoms with E-state index in [-0.39, 0.29) is 32.1 Å². The first-order valence-corrected chi connectivity index (χ1v) is 19.7. The Morgan fingerprint density at radius 3 is 1.67 bits per heavy atom. The molecule has 0 aliphatic carbocycles. The third-order valence-electron chi connectivity index (χ3n) is 7.70. The van der Waals surface area contributed by atoms with Crippen LogP contribution in [0.25, 0.3) is 0 Å². The van der Waals surface area contributed by atoms with Gasteiger partial charge >= 0.3 is 13.8 Å².